The van der Waals surface area contributed by atoms with Gasteiger partial charge in [0.1, 0.15) is 11.7 Å². The molecule has 0 amide bonds. The monoisotopic (exact) mass is 209 g/mol. The first kappa shape index (κ1) is 10.3. The summed E-state index contributed by atoms with van der Waals surface area (Å²) in [5, 5.41) is 9.17. The molecule has 2 rings (SSSR count). The molecule has 0 fully saturated rings. The topological polar surface area (TPSA) is 49.6 Å². The van der Waals surface area contributed by atoms with Gasteiger partial charge in [0.05, 0.1) is 6.07 Å². The second kappa shape index (κ2) is 4.54. The van der Waals surface area contributed by atoms with Crippen molar-refractivity contribution >= 4 is 0 Å². The molecule has 78 valence electrons. The molecule has 1 aromatic heterocycles. The average Bonchev–Trinajstić information content (AvgIpc) is 2.34. The van der Waals surface area contributed by atoms with Gasteiger partial charge in [-0.3, -0.25) is 0 Å². The molecule has 16 heavy (non-hydrogen) atoms. The van der Waals surface area contributed by atoms with Crippen LogP contribution < -0.4 is 0 Å². The number of nitrogens with zero attached hydrogens (tertiary/aromatic N) is 3. The Hall–Kier alpha value is -2.21. The van der Waals surface area contributed by atoms with Gasteiger partial charge < -0.3 is 0 Å². The van der Waals surface area contributed by atoms with Crippen LogP contribution in [0.1, 0.15) is 22.9 Å². The lowest BCUT2D eigenvalue weighted by atomic mass is 9.99. The third-order valence-corrected chi connectivity index (χ3v) is 2.38. The van der Waals surface area contributed by atoms with Crippen LogP contribution in [-0.4, -0.2) is 9.97 Å². The van der Waals surface area contributed by atoms with Crippen LogP contribution in [0, 0.1) is 18.3 Å². The Labute approximate surface area is 94.4 Å². The molecule has 0 N–H and O–H groups in total. The van der Waals surface area contributed by atoms with Crippen LogP contribution in [0.15, 0.2) is 42.7 Å². The molecule has 0 aliphatic carbocycles. The lowest BCUT2D eigenvalue weighted by Gasteiger charge is -2.07. The van der Waals surface area contributed by atoms with Gasteiger partial charge in [0.15, 0.2) is 0 Å². The van der Waals surface area contributed by atoms with Gasteiger partial charge in [0.25, 0.3) is 0 Å². The molecule has 1 aromatic carbocycles. The Balaban J connectivity index is 2.38. The van der Waals surface area contributed by atoms with Gasteiger partial charge in [-0.05, 0) is 18.6 Å². The summed E-state index contributed by atoms with van der Waals surface area (Å²) in [6.45, 7) is 2.02. The third kappa shape index (κ3) is 2.06. The minimum atomic E-state index is -0.387. The largest absolute Gasteiger partial charge is 0.240 e. The van der Waals surface area contributed by atoms with Gasteiger partial charge in [-0.15, -0.1) is 0 Å². The summed E-state index contributed by atoms with van der Waals surface area (Å²) in [7, 11) is 0. The van der Waals surface area contributed by atoms with Crippen LogP contribution in [0.25, 0.3) is 0 Å². The van der Waals surface area contributed by atoms with E-state index in [2.05, 4.69) is 16.0 Å². The lowest BCUT2D eigenvalue weighted by Crippen LogP contribution is -2.03. The van der Waals surface area contributed by atoms with E-state index < -0.39 is 0 Å². The highest BCUT2D eigenvalue weighted by Crippen LogP contribution is 2.20. The van der Waals surface area contributed by atoms with Crippen LogP contribution in [0.5, 0.6) is 0 Å². The van der Waals surface area contributed by atoms with Crippen molar-refractivity contribution in [2.45, 2.75) is 12.8 Å². The van der Waals surface area contributed by atoms with E-state index in [4.69, 9.17) is 0 Å². The maximum atomic E-state index is 9.17. The molecule has 1 heterocycles. The van der Waals surface area contributed by atoms with Gasteiger partial charge in [-0.2, -0.15) is 5.26 Å². The summed E-state index contributed by atoms with van der Waals surface area (Å²) < 4.78 is 0. The quantitative estimate of drug-likeness (QED) is 0.763. The summed E-state index contributed by atoms with van der Waals surface area (Å²) in [4.78, 5) is 8.23. The van der Waals surface area contributed by atoms with Crippen molar-refractivity contribution in [1.29, 1.82) is 5.26 Å². The first-order valence-electron chi connectivity index (χ1n) is 5.04. The highest BCUT2D eigenvalue weighted by molar-refractivity contribution is 5.33. The number of nitriles is 1. The van der Waals surface area contributed by atoms with Crippen molar-refractivity contribution in [2.75, 3.05) is 0 Å². The molecule has 0 bridgehead atoms. The molecule has 0 spiro atoms. The van der Waals surface area contributed by atoms with Gasteiger partial charge in [0, 0.05) is 12.4 Å². The molecule has 1 unspecified atom stereocenters. The predicted octanol–water partition coefficient (Wildman–Crippen LogP) is 2.44. The van der Waals surface area contributed by atoms with Crippen LogP contribution >= 0.6 is 0 Å². The molecule has 1 atom stereocenters. The zero-order valence-corrected chi connectivity index (χ0v) is 8.96. The third-order valence-electron chi connectivity index (χ3n) is 2.38. The molecule has 0 saturated heterocycles. The smallest absolute Gasteiger partial charge is 0.149 e. The molecule has 0 aliphatic rings. The molecule has 0 saturated carbocycles. The summed E-state index contributed by atoms with van der Waals surface area (Å²) in [6.07, 6.45) is 3.31. The molecule has 0 radical (unpaired) electrons. The van der Waals surface area contributed by atoms with E-state index in [1.165, 1.54) is 5.56 Å². The van der Waals surface area contributed by atoms with E-state index in [0.717, 1.165) is 5.56 Å². The van der Waals surface area contributed by atoms with Crippen molar-refractivity contribution in [3.63, 3.8) is 0 Å². The Kier molecular flexibility index (Phi) is 2.93. The zero-order chi connectivity index (χ0) is 11.4. The van der Waals surface area contributed by atoms with Crippen molar-refractivity contribution in [2.24, 2.45) is 0 Å². The maximum absolute atomic E-state index is 9.17. The van der Waals surface area contributed by atoms with Gasteiger partial charge in [-0.1, -0.05) is 29.8 Å². The van der Waals surface area contributed by atoms with E-state index >= 15 is 0 Å². The first-order chi connectivity index (χ1) is 7.81. The van der Waals surface area contributed by atoms with Crippen molar-refractivity contribution in [3.05, 3.63) is 59.7 Å². The number of aromatic nitrogens is 2. The van der Waals surface area contributed by atoms with Gasteiger partial charge >= 0.3 is 0 Å². The number of benzene rings is 1. The Morgan fingerprint density at radius 3 is 2.31 bits per heavy atom. The van der Waals surface area contributed by atoms with Crippen LogP contribution in [0.3, 0.4) is 0 Å². The van der Waals surface area contributed by atoms with Crippen molar-refractivity contribution in [3.8, 4) is 6.07 Å². The Bertz CT molecular complexity index is 497. The fourth-order valence-corrected chi connectivity index (χ4v) is 1.50. The number of aryl methyl sites for hydroxylation is 1. The molecular weight excluding hydrogens is 198 g/mol. The number of rotatable bonds is 2. The van der Waals surface area contributed by atoms with Crippen LogP contribution in [-0.2, 0) is 0 Å². The predicted molar refractivity (Wildman–Crippen MR) is 60.7 cm³/mol. The van der Waals surface area contributed by atoms with Gasteiger partial charge in [0.2, 0.25) is 0 Å². The van der Waals surface area contributed by atoms with Crippen molar-refractivity contribution in [1.82, 2.24) is 9.97 Å². The van der Waals surface area contributed by atoms with E-state index in [9.17, 15) is 5.26 Å². The van der Waals surface area contributed by atoms with E-state index in [1.807, 2.05) is 31.2 Å². The van der Waals surface area contributed by atoms with Crippen LogP contribution in [0.4, 0.5) is 0 Å². The summed E-state index contributed by atoms with van der Waals surface area (Å²) in [5.74, 6) is 0.163. The van der Waals surface area contributed by atoms with Gasteiger partial charge in [-0.25, -0.2) is 9.97 Å². The number of hydrogen-bond donors (Lipinski definition) is 0. The summed E-state index contributed by atoms with van der Waals surface area (Å²) >= 11 is 0. The lowest BCUT2D eigenvalue weighted by molar-refractivity contribution is 0.889. The van der Waals surface area contributed by atoms with E-state index in [0.29, 0.717) is 5.82 Å². The molecule has 3 nitrogen and oxygen atoms in total. The van der Waals surface area contributed by atoms with E-state index in [-0.39, 0.29) is 5.92 Å². The second-order valence-electron chi connectivity index (χ2n) is 3.58. The SMILES string of the molecule is Cc1ccc(C(C#N)c2ncccn2)cc1. The highest BCUT2D eigenvalue weighted by Gasteiger charge is 2.15. The van der Waals surface area contributed by atoms with Crippen molar-refractivity contribution < 1.29 is 0 Å². The maximum Gasteiger partial charge on any atom is 0.149 e. The number of hydrogen-bond acceptors (Lipinski definition) is 3. The standard InChI is InChI=1S/C13H11N3/c1-10-3-5-11(6-4-10)12(9-14)13-15-7-2-8-16-13/h2-8,12H,1H3. The highest BCUT2D eigenvalue weighted by atomic mass is 14.9. The minimum Gasteiger partial charge on any atom is -0.240 e. The first-order valence-corrected chi connectivity index (χ1v) is 5.04. The average molecular weight is 209 g/mol. The second-order valence-corrected chi connectivity index (χ2v) is 3.58. The molecular formula is C13H11N3. The summed E-state index contributed by atoms with van der Waals surface area (Å²) in [6, 6.07) is 11.8. The zero-order valence-electron chi connectivity index (χ0n) is 8.96. The fourth-order valence-electron chi connectivity index (χ4n) is 1.50. The summed E-state index contributed by atoms with van der Waals surface area (Å²) in [5.41, 5.74) is 2.11. The Morgan fingerprint density at radius 2 is 1.75 bits per heavy atom. The van der Waals surface area contributed by atoms with Crippen LogP contribution in [0.2, 0.25) is 0 Å². The minimum absolute atomic E-state index is 0.387. The normalized spacial score (nSPS) is 11.8. The van der Waals surface area contributed by atoms with E-state index in [1.54, 1.807) is 18.5 Å². The molecule has 0 aliphatic heterocycles. The Morgan fingerprint density at radius 1 is 1.12 bits per heavy atom. The molecule has 2 aromatic rings. The molecule has 3 heteroatoms. The fraction of sp³-hybridized carbons (Fsp3) is 0.154.